The Morgan fingerprint density at radius 2 is 1.95 bits per heavy atom. The number of aromatic nitrogens is 4. The van der Waals surface area contributed by atoms with Gasteiger partial charge in [0.1, 0.15) is 23.8 Å². The number of carbonyl (C=O) groups excluding carboxylic acids is 2. The zero-order chi connectivity index (χ0) is 26.5. The van der Waals surface area contributed by atoms with Crippen molar-refractivity contribution in [1.82, 2.24) is 25.5 Å². The van der Waals surface area contributed by atoms with Gasteiger partial charge in [0, 0.05) is 17.8 Å². The van der Waals surface area contributed by atoms with Crippen LogP contribution in [-0.4, -0.2) is 45.2 Å². The summed E-state index contributed by atoms with van der Waals surface area (Å²) in [4.78, 5) is 29.4. The maximum atomic E-state index is 14.0. The quantitative estimate of drug-likeness (QED) is 0.355. The highest BCUT2D eigenvalue weighted by atomic mass is 16.5. The third kappa shape index (κ3) is 5.15. The minimum Gasteiger partial charge on any atom is -0.494 e. The molecule has 2 aromatic carbocycles. The Labute approximate surface area is 220 Å². The van der Waals surface area contributed by atoms with E-state index in [1.807, 2.05) is 24.3 Å². The molecule has 1 aliphatic rings. The van der Waals surface area contributed by atoms with Gasteiger partial charge in [0.15, 0.2) is 5.76 Å². The highest BCUT2D eigenvalue weighted by Gasteiger charge is 2.36. The van der Waals surface area contributed by atoms with E-state index in [2.05, 4.69) is 27.8 Å². The molecule has 2 amide bonds. The molecule has 0 saturated heterocycles. The van der Waals surface area contributed by atoms with Gasteiger partial charge in [-0.3, -0.25) is 14.5 Å². The van der Waals surface area contributed by atoms with Gasteiger partial charge in [-0.2, -0.15) is 4.68 Å². The molecule has 2 aromatic heterocycles. The average molecular weight is 515 g/mol. The van der Waals surface area contributed by atoms with Crippen molar-refractivity contribution in [3.8, 4) is 11.4 Å². The van der Waals surface area contributed by atoms with E-state index in [4.69, 9.17) is 9.15 Å². The van der Waals surface area contributed by atoms with Gasteiger partial charge < -0.3 is 14.5 Å². The minimum atomic E-state index is -0.942. The van der Waals surface area contributed by atoms with Crippen LogP contribution in [0.25, 0.3) is 5.69 Å². The van der Waals surface area contributed by atoms with Crippen LogP contribution in [0, 0.1) is 0 Å². The van der Waals surface area contributed by atoms with Crippen LogP contribution in [0.2, 0.25) is 0 Å². The number of benzene rings is 2. The summed E-state index contributed by atoms with van der Waals surface area (Å²) in [5.74, 6) is -0.136. The monoisotopic (exact) mass is 514 g/mol. The predicted molar refractivity (Wildman–Crippen MR) is 140 cm³/mol. The molecule has 10 nitrogen and oxygen atoms in total. The third-order valence-corrected chi connectivity index (χ3v) is 6.90. The molecule has 0 spiro atoms. The van der Waals surface area contributed by atoms with Gasteiger partial charge in [0.05, 0.1) is 13.4 Å². The first kappa shape index (κ1) is 25.2. The van der Waals surface area contributed by atoms with Crippen molar-refractivity contribution in [2.75, 3.05) is 12.0 Å². The third-order valence-electron chi connectivity index (χ3n) is 6.90. The van der Waals surface area contributed by atoms with Crippen molar-refractivity contribution in [3.63, 3.8) is 0 Å². The topological polar surface area (TPSA) is 115 Å². The molecule has 1 atom stereocenters. The summed E-state index contributed by atoms with van der Waals surface area (Å²) in [6.07, 6.45) is 7.76. The summed E-state index contributed by atoms with van der Waals surface area (Å²) in [6.45, 7) is 2.07. The first-order chi connectivity index (χ1) is 18.6. The second kappa shape index (κ2) is 11.3. The van der Waals surface area contributed by atoms with Crippen molar-refractivity contribution in [2.45, 2.75) is 51.1 Å². The van der Waals surface area contributed by atoms with Crippen molar-refractivity contribution in [1.29, 1.82) is 0 Å². The van der Waals surface area contributed by atoms with Crippen molar-refractivity contribution in [2.24, 2.45) is 0 Å². The lowest BCUT2D eigenvalue weighted by molar-refractivity contribution is -0.123. The number of ether oxygens (including phenoxy) is 1. The number of furan rings is 1. The van der Waals surface area contributed by atoms with Crippen LogP contribution in [0.4, 0.5) is 5.69 Å². The number of nitrogens with zero attached hydrogens (tertiary/aromatic N) is 5. The maximum Gasteiger partial charge on any atom is 0.294 e. The van der Waals surface area contributed by atoms with Crippen LogP contribution < -0.4 is 15.0 Å². The van der Waals surface area contributed by atoms with E-state index in [0.717, 1.165) is 37.7 Å². The van der Waals surface area contributed by atoms with E-state index in [1.54, 1.807) is 30.3 Å². The maximum absolute atomic E-state index is 14.0. The summed E-state index contributed by atoms with van der Waals surface area (Å²) in [5.41, 5.74) is 2.89. The Morgan fingerprint density at radius 3 is 2.58 bits per heavy atom. The molecule has 10 heteroatoms. The van der Waals surface area contributed by atoms with Crippen LogP contribution in [0.15, 0.2) is 71.6 Å². The summed E-state index contributed by atoms with van der Waals surface area (Å²) in [6, 6.07) is 15.4. The smallest absolute Gasteiger partial charge is 0.294 e. The highest BCUT2D eigenvalue weighted by molar-refractivity contribution is 6.08. The molecule has 1 aliphatic carbocycles. The van der Waals surface area contributed by atoms with Gasteiger partial charge in [0.2, 0.25) is 5.91 Å². The van der Waals surface area contributed by atoms with Gasteiger partial charge in [-0.1, -0.05) is 44.0 Å². The lowest BCUT2D eigenvalue weighted by Gasteiger charge is -2.32. The molecule has 0 bridgehead atoms. The molecular weight excluding hydrogens is 484 g/mol. The number of aryl methyl sites for hydroxylation is 1. The molecule has 1 saturated carbocycles. The van der Waals surface area contributed by atoms with Crippen LogP contribution in [-0.2, 0) is 11.2 Å². The Bertz CT molecular complexity index is 1360. The van der Waals surface area contributed by atoms with E-state index in [9.17, 15) is 9.59 Å². The van der Waals surface area contributed by atoms with Crippen LogP contribution in [0.1, 0.15) is 60.3 Å². The number of nitrogens with one attached hydrogen (secondary N) is 1. The predicted octanol–water partition coefficient (Wildman–Crippen LogP) is 4.27. The van der Waals surface area contributed by atoms with E-state index in [1.165, 1.54) is 29.3 Å². The summed E-state index contributed by atoms with van der Waals surface area (Å²) in [5, 5.41) is 14.5. The van der Waals surface area contributed by atoms with E-state index in [0.29, 0.717) is 22.7 Å². The molecule has 1 fully saturated rings. The van der Waals surface area contributed by atoms with Crippen molar-refractivity contribution >= 4 is 17.5 Å². The first-order valence-electron chi connectivity index (χ1n) is 12.8. The largest absolute Gasteiger partial charge is 0.494 e. The molecule has 38 heavy (non-hydrogen) atoms. The fraction of sp³-hybridized carbons (Fsp3) is 0.321. The van der Waals surface area contributed by atoms with E-state index >= 15 is 0 Å². The Hall–Kier alpha value is -4.47. The van der Waals surface area contributed by atoms with Crippen LogP contribution in [0.5, 0.6) is 5.75 Å². The van der Waals surface area contributed by atoms with Gasteiger partial charge in [0.25, 0.3) is 5.91 Å². The Kier molecular flexibility index (Phi) is 7.48. The molecule has 1 N–H and O–H groups in total. The standard InChI is InChI=1S/C28H30N6O4/c1-3-19-10-12-20(13-11-19)26(27(35)30-21-7-4-5-8-21)34(28(36)24-9-6-16-38-24)22-14-15-23(25(17-22)37-2)33-18-29-31-32-33/h6,9-18,21,26H,3-5,7-8H2,1-2H3,(H,30,35). The van der Waals surface area contributed by atoms with Crippen molar-refractivity contribution < 1.29 is 18.7 Å². The molecular formula is C28H30N6O4. The molecule has 5 rings (SSSR count). The molecule has 0 aliphatic heterocycles. The number of tetrazole rings is 1. The number of hydrogen-bond donors (Lipinski definition) is 1. The highest BCUT2D eigenvalue weighted by Crippen LogP contribution is 2.35. The zero-order valence-corrected chi connectivity index (χ0v) is 21.4. The molecule has 0 radical (unpaired) electrons. The van der Waals surface area contributed by atoms with E-state index in [-0.39, 0.29) is 17.7 Å². The number of methoxy groups -OCH3 is 1. The van der Waals surface area contributed by atoms with Gasteiger partial charge in [-0.05, 0) is 65.1 Å². The number of hydrogen-bond acceptors (Lipinski definition) is 7. The summed E-state index contributed by atoms with van der Waals surface area (Å²) in [7, 11) is 1.53. The number of amides is 2. The molecule has 196 valence electrons. The average Bonchev–Trinajstić information content (AvgIpc) is 3.75. The van der Waals surface area contributed by atoms with Gasteiger partial charge >= 0.3 is 0 Å². The van der Waals surface area contributed by atoms with Crippen LogP contribution in [0.3, 0.4) is 0 Å². The summed E-state index contributed by atoms with van der Waals surface area (Å²) >= 11 is 0. The number of rotatable bonds is 9. The lowest BCUT2D eigenvalue weighted by Crippen LogP contribution is -2.46. The normalized spacial score (nSPS) is 14.3. The fourth-order valence-electron chi connectivity index (χ4n) is 4.88. The number of anilines is 1. The summed E-state index contributed by atoms with van der Waals surface area (Å²) < 4.78 is 12.6. The van der Waals surface area contributed by atoms with E-state index < -0.39 is 11.9 Å². The SMILES string of the molecule is CCc1ccc(C(C(=O)NC2CCCC2)N(C(=O)c2ccco2)c2ccc(-n3cnnn3)c(OC)c2)cc1. The zero-order valence-electron chi connectivity index (χ0n) is 21.4. The van der Waals surface area contributed by atoms with Crippen LogP contribution >= 0.6 is 0 Å². The van der Waals surface area contributed by atoms with Gasteiger partial charge in [-0.25, -0.2) is 0 Å². The molecule has 1 unspecified atom stereocenters. The van der Waals surface area contributed by atoms with Gasteiger partial charge in [-0.15, -0.1) is 5.10 Å². The lowest BCUT2D eigenvalue weighted by atomic mass is 9.99. The van der Waals surface area contributed by atoms with Crippen molar-refractivity contribution in [3.05, 3.63) is 84.1 Å². The second-order valence-corrected chi connectivity index (χ2v) is 9.25. The minimum absolute atomic E-state index is 0.0807. The Balaban J connectivity index is 1.63. The first-order valence-corrected chi connectivity index (χ1v) is 12.8. The Morgan fingerprint density at radius 1 is 1.16 bits per heavy atom. The number of carbonyl (C=O) groups is 2. The fourth-order valence-corrected chi connectivity index (χ4v) is 4.88. The second-order valence-electron chi connectivity index (χ2n) is 9.25. The molecule has 4 aromatic rings. The molecule has 2 heterocycles.